The molecule has 0 saturated heterocycles. The summed E-state index contributed by atoms with van der Waals surface area (Å²) in [6, 6.07) is 8.06. The van der Waals surface area contributed by atoms with Gasteiger partial charge in [0.05, 0.1) is 10.5 Å². The standard InChI is InChI=1S/C16H13N3O3S/c1-10-11(2)23-16(14(10)9-17)18-15(20)7-6-12-4-3-5-13(8-12)19(21)22/h3-8H,1-2H3,(H,18,20)/b7-6+. The summed E-state index contributed by atoms with van der Waals surface area (Å²) >= 11 is 1.34. The molecule has 2 rings (SSSR count). The van der Waals surface area contributed by atoms with Crippen molar-refractivity contribution in [3.05, 3.63) is 62.0 Å². The second-order valence-corrected chi connectivity index (χ2v) is 6.00. The molecule has 23 heavy (non-hydrogen) atoms. The molecule has 0 unspecified atom stereocenters. The smallest absolute Gasteiger partial charge is 0.270 e. The van der Waals surface area contributed by atoms with Crippen molar-refractivity contribution in [3.8, 4) is 6.07 Å². The van der Waals surface area contributed by atoms with E-state index in [1.165, 1.54) is 35.6 Å². The van der Waals surface area contributed by atoms with Crippen molar-refractivity contribution in [1.29, 1.82) is 5.26 Å². The van der Waals surface area contributed by atoms with E-state index in [-0.39, 0.29) is 5.69 Å². The average molecular weight is 327 g/mol. The van der Waals surface area contributed by atoms with Crippen molar-refractivity contribution >= 4 is 34.0 Å². The SMILES string of the molecule is Cc1sc(NC(=O)/C=C/c2cccc([N+](=O)[O-])c2)c(C#N)c1C. The fourth-order valence-electron chi connectivity index (χ4n) is 1.92. The zero-order valence-electron chi connectivity index (χ0n) is 12.5. The number of amides is 1. The highest BCUT2D eigenvalue weighted by Crippen LogP contribution is 2.31. The molecular weight excluding hydrogens is 314 g/mol. The van der Waals surface area contributed by atoms with Crippen molar-refractivity contribution in [2.24, 2.45) is 0 Å². The van der Waals surface area contributed by atoms with Crippen molar-refractivity contribution in [1.82, 2.24) is 0 Å². The van der Waals surface area contributed by atoms with E-state index in [0.717, 1.165) is 10.4 Å². The third-order valence-electron chi connectivity index (χ3n) is 3.24. The quantitative estimate of drug-likeness (QED) is 0.525. The first-order valence-electron chi connectivity index (χ1n) is 6.66. The molecule has 0 spiro atoms. The Bertz CT molecular complexity index is 847. The topological polar surface area (TPSA) is 96.0 Å². The Morgan fingerprint density at radius 1 is 1.43 bits per heavy atom. The molecular formula is C16H13N3O3S. The summed E-state index contributed by atoms with van der Waals surface area (Å²) in [7, 11) is 0. The molecule has 0 bridgehead atoms. The van der Waals surface area contributed by atoms with Crippen LogP contribution < -0.4 is 5.32 Å². The molecule has 1 aromatic carbocycles. The first-order valence-corrected chi connectivity index (χ1v) is 7.47. The lowest BCUT2D eigenvalue weighted by atomic mass is 10.2. The van der Waals surface area contributed by atoms with Gasteiger partial charge in [0.15, 0.2) is 0 Å². The molecule has 1 aromatic heterocycles. The number of benzene rings is 1. The van der Waals surface area contributed by atoms with Crippen LogP contribution in [0.4, 0.5) is 10.7 Å². The van der Waals surface area contributed by atoms with E-state index in [4.69, 9.17) is 5.26 Å². The minimum atomic E-state index is -0.492. The number of hydrogen-bond donors (Lipinski definition) is 1. The van der Waals surface area contributed by atoms with Gasteiger partial charge in [-0.2, -0.15) is 5.26 Å². The van der Waals surface area contributed by atoms with Crippen LogP contribution in [0.2, 0.25) is 0 Å². The molecule has 0 aliphatic heterocycles. The van der Waals surface area contributed by atoms with E-state index in [2.05, 4.69) is 11.4 Å². The van der Waals surface area contributed by atoms with E-state index in [9.17, 15) is 14.9 Å². The van der Waals surface area contributed by atoms with Crippen LogP contribution >= 0.6 is 11.3 Å². The van der Waals surface area contributed by atoms with Crippen LogP contribution in [-0.2, 0) is 4.79 Å². The number of nitriles is 1. The highest BCUT2D eigenvalue weighted by molar-refractivity contribution is 7.16. The Labute approximate surface area is 136 Å². The third-order valence-corrected chi connectivity index (χ3v) is 4.36. The van der Waals surface area contributed by atoms with Crippen molar-refractivity contribution in [3.63, 3.8) is 0 Å². The average Bonchev–Trinajstić information content (AvgIpc) is 2.79. The Morgan fingerprint density at radius 3 is 2.83 bits per heavy atom. The van der Waals surface area contributed by atoms with Gasteiger partial charge in [-0.1, -0.05) is 12.1 Å². The molecule has 116 valence electrons. The molecule has 0 fully saturated rings. The number of rotatable bonds is 4. The van der Waals surface area contributed by atoms with Crippen molar-refractivity contribution in [2.75, 3.05) is 5.32 Å². The van der Waals surface area contributed by atoms with E-state index >= 15 is 0 Å². The van der Waals surface area contributed by atoms with E-state index < -0.39 is 10.8 Å². The van der Waals surface area contributed by atoms with Crippen LogP contribution in [0.1, 0.15) is 21.6 Å². The number of nitro benzene ring substituents is 1. The Kier molecular flexibility index (Phi) is 4.88. The lowest BCUT2D eigenvalue weighted by Gasteiger charge is -1.99. The Morgan fingerprint density at radius 2 is 2.17 bits per heavy atom. The summed E-state index contributed by atoms with van der Waals surface area (Å²) in [5.74, 6) is -0.394. The molecule has 0 atom stereocenters. The number of aryl methyl sites for hydroxylation is 1. The first-order chi connectivity index (χ1) is 10.9. The fraction of sp³-hybridized carbons (Fsp3) is 0.125. The summed E-state index contributed by atoms with van der Waals surface area (Å²) < 4.78 is 0. The summed E-state index contributed by atoms with van der Waals surface area (Å²) in [5.41, 5.74) is 1.83. The number of nitro groups is 1. The Hall–Kier alpha value is -2.98. The summed E-state index contributed by atoms with van der Waals surface area (Å²) in [6.07, 6.45) is 2.77. The van der Waals surface area contributed by atoms with Crippen LogP contribution in [-0.4, -0.2) is 10.8 Å². The fourth-order valence-corrected chi connectivity index (χ4v) is 2.93. The molecule has 7 heteroatoms. The zero-order chi connectivity index (χ0) is 17.0. The number of carbonyl (C=O) groups is 1. The van der Waals surface area contributed by atoms with Gasteiger partial charge < -0.3 is 5.32 Å². The molecule has 6 nitrogen and oxygen atoms in total. The highest BCUT2D eigenvalue weighted by Gasteiger charge is 2.13. The van der Waals surface area contributed by atoms with Gasteiger partial charge in [-0.05, 0) is 31.1 Å². The lowest BCUT2D eigenvalue weighted by molar-refractivity contribution is -0.384. The number of nitrogens with one attached hydrogen (secondary N) is 1. The van der Waals surface area contributed by atoms with E-state index in [0.29, 0.717) is 16.1 Å². The maximum atomic E-state index is 12.0. The van der Waals surface area contributed by atoms with Crippen LogP contribution in [0.25, 0.3) is 6.08 Å². The van der Waals surface area contributed by atoms with Gasteiger partial charge in [0, 0.05) is 23.1 Å². The van der Waals surface area contributed by atoms with Gasteiger partial charge in [0.25, 0.3) is 5.69 Å². The molecule has 1 heterocycles. The second kappa shape index (κ2) is 6.85. The minimum Gasteiger partial charge on any atom is -0.313 e. The lowest BCUT2D eigenvalue weighted by Crippen LogP contribution is -2.07. The number of carbonyl (C=O) groups excluding carboxylic acids is 1. The van der Waals surface area contributed by atoms with Gasteiger partial charge in [0.1, 0.15) is 11.1 Å². The van der Waals surface area contributed by atoms with Crippen LogP contribution in [0.5, 0.6) is 0 Å². The van der Waals surface area contributed by atoms with Crippen LogP contribution in [0, 0.1) is 35.3 Å². The highest BCUT2D eigenvalue weighted by atomic mass is 32.1. The first kappa shape index (κ1) is 16.4. The predicted molar refractivity (Wildman–Crippen MR) is 89.3 cm³/mol. The van der Waals surface area contributed by atoms with Gasteiger partial charge in [0.2, 0.25) is 5.91 Å². The molecule has 0 radical (unpaired) electrons. The van der Waals surface area contributed by atoms with Gasteiger partial charge in [-0.3, -0.25) is 14.9 Å². The van der Waals surface area contributed by atoms with Crippen molar-refractivity contribution in [2.45, 2.75) is 13.8 Å². The van der Waals surface area contributed by atoms with Crippen LogP contribution in [0.15, 0.2) is 30.3 Å². The molecule has 0 saturated carbocycles. The molecule has 2 aromatic rings. The number of anilines is 1. The van der Waals surface area contributed by atoms with Gasteiger partial charge in [-0.25, -0.2) is 0 Å². The summed E-state index contributed by atoms with van der Waals surface area (Å²) in [5, 5.41) is 23.0. The summed E-state index contributed by atoms with van der Waals surface area (Å²) in [6.45, 7) is 3.72. The minimum absolute atomic E-state index is 0.0381. The Balaban J connectivity index is 2.14. The van der Waals surface area contributed by atoms with E-state index in [1.807, 2.05) is 13.8 Å². The second-order valence-electron chi connectivity index (χ2n) is 4.77. The maximum absolute atomic E-state index is 12.0. The van der Waals surface area contributed by atoms with Gasteiger partial charge in [-0.15, -0.1) is 11.3 Å². The zero-order valence-corrected chi connectivity index (χ0v) is 13.3. The number of thiophene rings is 1. The summed E-state index contributed by atoms with van der Waals surface area (Å²) in [4.78, 5) is 23.1. The molecule has 1 N–H and O–H groups in total. The molecule has 0 aliphatic rings. The third kappa shape index (κ3) is 3.81. The number of nitrogens with zero attached hydrogens (tertiary/aromatic N) is 2. The molecule has 0 aliphatic carbocycles. The number of hydrogen-bond acceptors (Lipinski definition) is 5. The van der Waals surface area contributed by atoms with Gasteiger partial charge >= 0.3 is 0 Å². The van der Waals surface area contributed by atoms with E-state index in [1.54, 1.807) is 12.1 Å². The maximum Gasteiger partial charge on any atom is 0.270 e. The monoisotopic (exact) mass is 327 g/mol. The number of non-ortho nitro benzene ring substituents is 1. The predicted octanol–water partition coefficient (Wildman–Crippen LogP) is 3.80. The molecule has 1 amide bonds. The largest absolute Gasteiger partial charge is 0.313 e. The van der Waals surface area contributed by atoms with Crippen molar-refractivity contribution < 1.29 is 9.72 Å². The van der Waals surface area contributed by atoms with Crippen LogP contribution in [0.3, 0.4) is 0 Å². The normalized spacial score (nSPS) is 10.5.